The highest BCUT2D eigenvalue weighted by atomic mass is 35.5. The summed E-state index contributed by atoms with van der Waals surface area (Å²) in [5, 5.41) is 23.9. The van der Waals surface area contributed by atoms with Crippen molar-refractivity contribution < 1.29 is 34.8 Å². The largest absolute Gasteiger partial charge is 0.486 e. The molecule has 0 saturated carbocycles. The lowest BCUT2D eigenvalue weighted by molar-refractivity contribution is -0.137. The minimum Gasteiger partial charge on any atom is -0.486 e. The third-order valence-corrected chi connectivity index (χ3v) is 6.77. The number of carboxylic acids is 2. The Morgan fingerprint density at radius 3 is 1.17 bits per heavy atom. The number of nitrogens with one attached hydrogen (secondary N) is 2. The summed E-state index contributed by atoms with van der Waals surface area (Å²) in [6.45, 7) is 1.72. The molecule has 256 valence electrons. The van der Waals surface area contributed by atoms with Gasteiger partial charge in [-0.15, -0.1) is 24.8 Å². The first-order valence-electron chi connectivity index (χ1n) is 14.7. The number of ether oxygens (including phenoxy) is 2. The Labute approximate surface area is 289 Å². The van der Waals surface area contributed by atoms with Gasteiger partial charge in [0.2, 0.25) is 0 Å². The third-order valence-electron chi connectivity index (χ3n) is 6.77. The van der Waals surface area contributed by atoms with E-state index >= 15 is 0 Å². The van der Waals surface area contributed by atoms with E-state index in [0.717, 1.165) is 59.7 Å². The molecule has 0 amide bonds. The molecule has 0 aromatic heterocycles. The number of rotatable bonds is 16. The van der Waals surface area contributed by atoms with E-state index in [1.807, 2.05) is 74.8 Å². The first kappa shape index (κ1) is 42.9. The van der Waals surface area contributed by atoms with E-state index < -0.39 is 11.9 Å². The smallest absolute Gasteiger partial charge is 0.307 e. The van der Waals surface area contributed by atoms with E-state index in [1.165, 1.54) is 0 Å². The Bertz CT molecular complexity index is 1290. The van der Waals surface area contributed by atoms with Crippen LogP contribution in [0.5, 0.6) is 11.5 Å². The van der Waals surface area contributed by atoms with Gasteiger partial charge < -0.3 is 35.8 Å². The predicted octanol–water partition coefficient (Wildman–Crippen LogP) is 6.11. The maximum Gasteiger partial charge on any atom is 0.307 e. The fourth-order valence-corrected chi connectivity index (χ4v) is 4.52. The summed E-state index contributed by atoms with van der Waals surface area (Å²) in [6.07, 6.45) is 1.72. The van der Waals surface area contributed by atoms with Crippen LogP contribution in [0.2, 0.25) is 0 Å². The monoisotopic (exact) mass is 688 g/mol. The molecule has 0 aliphatic rings. The molecular formula is C36H46Cl2N2O7. The van der Waals surface area contributed by atoms with Crippen LogP contribution in [0.15, 0.2) is 109 Å². The topological polar surface area (TPSA) is 149 Å². The summed E-state index contributed by atoms with van der Waals surface area (Å²) in [5.74, 6) is -0.159. The molecule has 2 unspecified atom stereocenters. The number of carbonyl (C=O) groups is 2. The van der Waals surface area contributed by atoms with Gasteiger partial charge >= 0.3 is 11.9 Å². The van der Waals surface area contributed by atoms with Gasteiger partial charge in [0.25, 0.3) is 0 Å². The number of hydrogen-bond donors (Lipinski definition) is 4. The first-order valence-corrected chi connectivity index (χ1v) is 14.7. The summed E-state index contributed by atoms with van der Waals surface area (Å²) in [5.41, 5.74) is 3.80. The van der Waals surface area contributed by atoms with Crippen LogP contribution < -0.4 is 20.1 Å². The van der Waals surface area contributed by atoms with Crippen LogP contribution in [-0.2, 0) is 22.4 Å². The second kappa shape index (κ2) is 24.1. The van der Waals surface area contributed by atoms with E-state index in [9.17, 15) is 9.59 Å². The molecular weight excluding hydrogens is 643 g/mol. The van der Waals surface area contributed by atoms with Crippen LogP contribution in [0.4, 0.5) is 0 Å². The van der Waals surface area contributed by atoms with Crippen molar-refractivity contribution in [3.8, 4) is 11.5 Å². The van der Waals surface area contributed by atoms with Crippen LogP contribution in [0, 0.1) is 0 Å². The first-order chi connectivity index (χ1) is 21.4. The van der Waals surface area contributed by atoms with Crippen molar-refractivity contribution in [3.63, 3.8) is 0 Å². The highest BCUT2D eigenvalue weighted by molar-refractivity contribution is 5.85. The van der Waals surface area contributed by atoms with Gasteiger partial charge in [-0.2, -0.15) is 0 Å². The molecule has 0 aliphatic carbocycles. The molecule has 0 aliphatic heterocycles. The third kappa shape index (κ3) is 16.3. The zero-order valence-electron chi connectivity index (χ0n) is 26.6. The lowest BCUT2D eigenvalue weighted by atomic mass is 10.1. The van der Waals surface area contributed by atoms with Crippen LogP contribution in [-0.4, -0.2) is 54.8 Å². The second-order valence-electron chi connectivity index (χ2n) is 10.2. The fourth-order valence-electron chi connectivity index (χ4n) is 4.52. The Morgan fingerprint density at radius 1 is 0.574 bits per heavy atom. The summed E-state index contributed by atoms with van der Waals surface area (Å²) < 4.78 is 12.2. The number of aliphatic carboxylic acids is 2. The average Bonchev–Trinajstić information content (AvgIpc) is 3.03. The lowest BCUT2D eigenvalue weighted by Crippen LogP contribution is -2.16. The molecule has 0 fully saturated rings. The molecule has 2 atom stereocenters. The normalized spacial score (nSPS) is 11.1. The molecule has 0 saturated heterocycles. The van der Waals surface area contributed by atoms with Gasteiger partial charge in [0.1, 0.15) is 23.7 Å². The van der Waals surface area contributed by atoms with Crippen molar-refractivity contribution in [1.29, 1.82) is 0 Å². The molecule has 47 heavy (non-hydrogen) atoms. The number of carboxylic acid groups (broad SMARTS) is 2. The highest BCUT2D eigenvalue weighted by Gasteiger charge is 2.14. The van der Waals surface area contributed by atoms with Gasteiger partial charge in [-0.25, -0.2) is 0 Å². The summed E-state index contributed by atoms with van der Waals surface area (Å²) in [7, 11) is 3.84. The summed E-state index contributed by atoms with van der Waals surface area (Å²) in [6, 6.07) is 34.7. The molecule has 4 aromatic rings. The molecule has 4 rings (SSSR count). The molecule has 0 spiro atoms. The van der Waals surface area contributed by atoms with Crippen molar-refractivity contribution >= 4 is 36.8 Å². The zero-order chi connectivity index (χ0) is 31.6. The summed E-state index contributed by atoms with van der Waals surface area (Å²) >= 11 is 0. The van der Waals surface area contributed by atoms with Gasteiger partial charge in [-0.3, -0.25) is 9.59 Å². The molecule has 6 N–H and O–H groups in total. The van der Waals surface area contributed by atoms with Crippen LogP contribution in [0.3, 0.4) is 0 Å². The van der Waals surface area contributed by atoms with Gasteiger partial charge in [-0.05, 0) is 73.7 Å². The van der Waals surface area contributed by atoms with Crippen molar-refractivity contribution in [3.05, 3.63) is 131 Å². The van der Waals surface area contributed by atoms with Gasteiger partial charge in [0.05, 0.1) is 12.8 Å². The lowest BCUT2D eigenvalue weighted by Gasteiger charge is -2.19. The van der Waals surface area contributed by atoms with Crippen molar-refractivity contribution in [1.82, 2.24) is 10.6 Å². The molecule has 0 bridgehead atoms. The van der Waals surface area contributed by atoms with E-state index in [-0.39, 0.29) is 55.3 Å². The SMILES string of the molecule is CNCCC(Oc1ccc(CC(=O)O)cc1)c1ccccc1.CNCCC(Oc1ccc(CC(=O)O)cc1)c1ccccc1.Cl.Cl.O. The Hall–Kier alpha value is -4.12. The Balaban J connectivity index is 0.000000846. The van der Waals surface area contributed by atoms with E-state index in [2.05, 4.69) is 34.9 Å². The predicted molar refractivity (Wildman–Crippen MR) is 190 cm³/mol. The zero-order valence-corrected chi connectivity index (χ0v) is 28.3. The number of halogens is 2. The average molecular weight is 690 g/mol. The van der Waals surface area contributed by atoms with Crippen LogP contribution in [0.25, 0.3) is 0 Å². The minimum atomic E-state index is -0.829. The fraction of sp³-hybridized carbons (Fsp3) is 0.278. The molecule has 0 radical (unpaired) electrons. The van der Waals surface area contributed by atoms with Crippen molar-refractivity contribution in [2.75, 3.05) is 27.2 Å². The van der Waals surface area contributed by atoms with Gasteiger partial charge in [0, 0.05) is 12.8 Å². The Kier molecular flexibility index (Phi) is 22.0. The van der Waals surface area contributed by atoms with Gasteiger partial charge in [0.15, 0.2) is 0 Å². The minimum absolute atomic E-state index is 0. The van der Waals surface area contributed by atoms with E-state index in [1.54, 1.807) is 24.3 Å². The van der Waals surface area contributed by atoms with E-state index in [0.29, 0.717) is 0 Å². The van der Waals surface area contributed by atoms with Crippen molar-refractivity contribution in [2.45, 2.75) is 37.9 Å². The highest BCUT2D eigenvalue weighted by Crippen LogP contribution is 2.26. The van der Waals surface area contributed by atoms with Crippen molar-refractivity contribution in [2.24, 2.45) is 0 Å². The Morgan fingerprint density at radius 2 is 0.894 bits per heavy atom. The van der Waals surface area contributed by atoms with Crippen LogP contribution >= 0.6 is 24.8 Å². The second-order valence-corrected chi connectivity index (χ2v) is 10.2. The maximum atomic E-state index is 10.7. The van der Waals surface area contributed by atoms with Crippen LogP contribution in [0.1, 0.15) is 47.3 Å². The number of benzene rings is 4. The van der Waals surface area contributed by atoms with E-state index in [4.69, 9.17) is 19.7 Å². The molecule has 11 heteroatoms. The molecule has 0 heterocycles. The molecule has 9 nitrogen and oxygen atoms in total. The standard InChI is InChI=1S/2C18H21NO3.2ClH.H2O/c2*1-19-12-11-17(15-5-3-2-4-6-15)22-16-9-7-14(8-10-16)13-18(20)21;;;/h2*2-10,17,19H,11-13H2,1H3,(H,20,21);2*1H;1H2. The number of hydrogen-bond acceptors (Lipinski definition) is 6. The quantitative estimate of drug-likeness (QED) is 0.110. The summed E-state index contributed by atoms with van der Waals surface area (Å²) in [4.78, 5) is 21.4. The van der Waals surface area contributed by atoms with Gasteiger partial charge in [-0.1, -0.05) is 84.9 Å². The maximum absolute atomic E-state index is 10.7. The molecule has 4 aromatic carbocycles.